The summed E-state index contributed by atoms with van der Waals surface area (Å²) in [5.74, 6) is 0. The van der Waals surface area contributed by atoms with Gasteiger partial charge in [0.2, 0.25) is 0 Å². The predicted molar refractivity (Wildman–Crippen MR) is 32.7 cm³/mol. The molecule has 0 aliphatic heterocycles. The minimum atomic E-state index is -0.889. The van der Waals surface area contributed by atoms with Crippen molar-refractivity contribution >= 4 is 0 Å². The molecule has 0 aliphatic carbocycles. The number of hydrogen-bond acceptors (Lipinski definition) is 4. The smallest absolute Gasteiger partial charge is 0.0543 e. The molecule has 0 saturated heterocycles. The zero-order chi connectivity index (χ0) is 7.33. The lowest BCUT2D eigenvalue weighted by atomic mass is 9.92. The molecule has 0 spiro atoms. The summed E-state index contributed by atoms with van der Waals surface area (Å²) >= 11 is 0. The molecule has 5 N–H and O–H groups in total. The number of aliphatic hydroxyl groups excluding tert-OH is 3. The molecule has 56 valence electrons. The first-order chi connectivity index (χ1) is 4.24. The highest BCUT2D eigenvalue weighted by Crippen LogP contribution is 2.10. The lowest BCUT2D eigenvalue weighted by molar-refractivity contribution is 0.0126. The van der Waals surface area contributed by atoms with Crippen LogP contribution in [-0.4, -0.2) is 41.7 Å². The van der Waals surface area contributed by atoms with Crippen molar-refractivity contribution in [3.63, 3.8) is 0 Å². The summed E-state index contributed by atoms with van der Waals surface area (Å²) in [6, 6.07) is 0. The molecule has 0 aromatic heterocycles. The van der Waals surface area contributed by atoms with Crippen molar-refractivity contribution in [1.82, 2.24) is 0 Å². The van der Waals surface area contributed by atoms with Gasteiger partial charge in [-0.2, -0.15) is 0 Å². The second-order valence-corrected chi connectivity index (χ2v) is 2.18. The third-order valence-corrected chi connectivity index (χ3v) is 1.44. The fraction of sp³-hybridized carbons (Fsp3) is 1.00. The molecule has 0 aromatic carbocycles. The van der Waals surface area contributed by atoms with Crippen LogP contribution in [0.2, 0.25) is 0 Å². The number of nitrogens with two attached hydrogens (primary N) is 1. The number of hydrogen-bond donors (Lipinski definition) is 4. The van der Waals surface area contributed by atoms with Gasteiger partial charge >= 0.3 is 0 Å². The Labute approximate surface area is 53.9 Å². The van der Waals surface area contributed by atoms with E-state index < -0.39 is 5.41 Å². The van der Waals surface area contributed by atoms with Crippen LogP contribution in [0.25, 0.3) is 0 Å². The molecule has 0 aliphatic rings. The summed E-state index contributed by atoms with van der Waals surface area (Å²) in [7, 11) is 0. The van der Waals surface area contributed by atoms with Gasteiger partial charge in [-0.25, -0.2) is 0 Å². The maximum absolute atomic E-state index is 8.58. The fourth-order valence-electron chi connectivity index (χ4n) is 0.344. The molecule has 0 fully saturated rings. The standard InChI is InChI=1S/C5H13NO3/c6-1-5(2-7,3-8)4-9/h7-9H,1-4,6H2. The summed E-state index contributed by atoms with van der Waals surface area (Å²) < 4.78 is 0. The van der Waals surface area contributed by atoms with Crippen LogP contribution in [0.15, 0.2) is 0 Å². The predicted octanol–water partition coefficient (Wildman–Crippen LogP) is -2.09. The first-order valence-electron chi connectivity index (χ1n) is 2.77. The van der Waals surface area contributed by atoms with Gasteiger partial charge in [-0.05, 0) is 0 Å². The van der Waals surface area contributed by atoms with Crippen molar-refractivity contribution in [2.24, 2.45) is 11.1 Å². The van der Waals surface area contributed by atoms with Crippen LogP contribution in [-0.2, 0) is 0 Å². The molecule has 0 bridgehead atoms. The highest BCUT2D eigenvalue weighted by Gasteiger charge is 2.25. The van der Waals surface area contributed by atoms with E-state index in [2.05, 4.69) is 0 Å². The lowest BCUT2D eigenvalue weighted by Gasteiger charge is -2.24. The van der Waals surface area contributed by atoms with E-state index in [4.69, 9.17) is 21.1 Å². The van der Waals surface area contributed by atoms with Crippen molar-refractivity contribution in [2.75, 3.05) is 26.4 Å². The lowest BCUT2D eigenvalue weighted by Crippen LogP contribution is -2.41. The maximum Gasteiger partial charge on any atom is 0.0543 e. The summed E-state index contributed by atoms with van der Waals surface area (Å²) in [5, 5.41) is 25.7. The first kappa shape index (κ1) is 8.84. The quantitative estimate of drug-likeness (QED) is 0.356. The van der Waals surface area contributed by atoms with E-state index in [1.54, 1.807) is 0 Å². The van der Waals surface area contributed by atoms with E-state index in [1.807, 2.05) is 0 Å². The van der Waals surface area contributed by atoms with E-state index in [9.17, 15) is 0 Å². The van der Waals surface area contributed by atoms with Crippen LogP contribution in [0, 0.1) is 5.41 Å². The van der Waals surface area contributed by atoms with E-state index in [0.29, 0.717) is 0 Å². The topological polar surface area (TPSA) is 86.7 Å². The SMILES string of the molecule is NCC(CO)(CO)CO. The molecule has 0 atom stereocenters. The molecule has 0 aromatic rings. The Kier molecular flexibility index (Phi) is 3.72. The molecule has 4 nitrogen and oxygen atoms in total. The van der Waals surface area contributed by atoms with Crippen LogP contribution in [0.4, 0.5) is 0 Å². The Hall–Kier alpha value is -0.160. The molecule has 9 heavy (non-hydrogen) atoms. The average molecular weight is 135 g/mol. The molecular formula is C5H13NO3. The minimum Gasteiger partial charge on any atom is -0.396 e. The van der Waals surface area contributed by atoms with E-state index in [-0.39, 0.29) is 26.4 Å². The van der Waals surface area contributed by atoms with Crippen molar-refractivity contribution in [3.05, 3.63) is 0 Å². The van der Waals surface area contributed by atoms with Gasteiger partial charge in [-0.3, -0.25) is 0 Å². The molecule has 0 saturated carbocycles. The Morgan fingerprint density at radius 3 is 1.33 bits per heavy atom. The molecular weight excluding hydrogens is 122 g/mol. The molecule has 0 unspecified atom stereocenters. The van der Waals surface area contributed by atoms with Gasteiger partial charge in [-0.1, -0.05) is 0 Å². The van der Waals surface area contributed by atoms with Crippen molar-refractivity contribution in [1.29, 1.82) is 0 Å². The van der Waals surface area contributed by atoms with Gasteiger partial charge < -0.3 is 21.1 Å². The normalized spacial score (nSPS) is 12.0. The molecule has 0 radical (unpaired) electrons. The zero-order valence-electron chi connectivity index (χ0n) is 5.25. The van der Waals surface area contributed by atoms with Gasteiger partial charge in [0, 0.05) is 6.54 Å². The summed E-state index contributed by atoms with van der Waals surface area (Å²) in [5.41, 5.74) is 4.27. The van der Waals surface area contributed by atoms with E-state index in [1.165, 1.54) is 0 Å². The Morgan fingerprint density at radius 2 is 1.33 bits per heavy atom. The van der Waals surface area contributed by atoms with Gasteiger partial charge in [0.15, 0.2) is 0 Å². The summed E-state index contributed by atoms with van der Waals surface area (Å²) in [6.45, 7) is -0.750. The van der Waals surface area contributed by atoms with E-state index in [0.717, 1.165) is 0 Å². The molecule has 4 heteroatoms. The van der Waals surface area contributed by atoms with Gasteiger partial charge in [0.25, 0.3) is 0 Å². The fourth-order valence-corrected chi connectivity index (χ4v) is 0.344. The van der Waals surface area contributed by atoms with Crippen molar-refractivity contribution in [2.45, 2.75) is 0 Å². The highest BCUT2D eigenvalue weighted by atomic mass is 16.3. The Morgan fingerprint density at radius 1 is 1.00 bits per heavy atom. The van der Waals surface area contributed by atoms with Crippen LogP contribution in [0.3, 0.4) is 0 Å². The third-order valence-electron chi connectivity index (χ3n) is 1.44. The highest BCUT2D eigenvalue weighted by molar-refractivity contribution is 4.77. The van der Waals surface area contributed by atoms with Crippen LogP contribution >= 0.6 is 0 Å². The number of rotatable bonds is 4. The van der Waals surface area contributed by atoms with Gasteiger partial charge in [0.05, 0.1) is 25.2 Å². The van der Waals surface area contributed by atoms with Gasteiger partial charge in [0.1, 0.15) is 0 Å². The van der Waals surface area contributed by atoms with Gasteiger partial charge in [-0.15, -0.1) is 0 Å². The van der Waals surface area contributed by atoms with Crippen molar-refractivity contribution in [3.8, 4) is 0 Å². The monoisotopic (exact) mass is 135 g/mol. The number of aliphatic hydroxyl groups is 3. The van der Waals surface area contributed by atoms with E-state index >= 15 is 0 Å². The summed E-state index contributed by atoms with van der Waals surface area (Å²) in [6.07, 6.45) is 0. The molecule has 0 heterocycles. The minimum absolute atomic E-state index is 0.0938. The summed E-state index contributed by atoms with van der Waals surface area (Å²) in [4.78, 5) is 0. The van der Waals surface area contributed by atoms with Crippen LogP contribution in [0.5, 0.6) is 0 Å². The third kappa shape index (κ3) is 1.91. The Balaban J connectivity index is 3.82. The van der Waals surface area contributed by atoms with Crippen LogP contribution < -0.4 is 5.73 Å². The maximum atomic E-state index is 8.58. The second-order valence-electron chi connectivity index (χ2n) is 2.18. The van der Waals surface area contributed by atoms with Crippen molar-refractivity contribution < 1.29 is 15.3 Å². The zero-order valence-corrected chi connectivity index (χ0v) is 5.25. The molecule has 0 amide bonds. The average Bonchev–Trinajstić information content (AvgIpc) is 1.95. The first-order valence-corrected chi connectivity index (χ1v) is 2.77. The Bertz CT molecular complexity index is 55.1. The second kappa shape index (κ2) is 3.79. The molecule has 0 rings (SSSR count). The van der Waals surface area contributed by atoms with Crippen LogP contribution in [0.1, 0.15) is 0 Å². The largest absolute Gasteiger partial charge is 0.396 e.